The topological polar surface area (TPSA) is 116 Å². The molecule has 20 heavy (non-hydrogen) atoms. The molecule has 0 amide bonds. The monoisotopic (exact) mass is 321 g/mol. The molecule has 13 heteroatoms. The van der Waals surface area contributed by atoms with Gasteiger partial charge in [-0.3, -0.25) is 10.1 Å². The standard InChI is InChI=1S/C7H4F5N3O4S/c8-6(9)4-5(20(13,18)19)3(7(10,11)12)2(1-14-4)15(16)17/h1,6H,(H2,13,18,19). The number of halogens is 5. The third kappa shape index (κ3) is 2.98. The third-order valence-electron chi connectivity index (χ3n) is 2.01. The summed E-state index contributed by atoms with van der Waals surface area (Å²) in [4.78, 5) is 9.46. The molecule has 0 aliphatic rings. The van der Waals surface area contributed by atoms with Gasteiger partial charge in [0.25, 0.3) is 6.43 Å². The molecule has 0 radical (unpaired) electrons. The van der Waals surface area contributed by atoms with Crippen molar-refractivity contribution in [3.63, 3.8) is 0 Å². The van der Waals surface area contributed by atoms with E-state index in [0.29, 0.717) is 0 Å². The number of sulfonamides is 1. The van der Waals surface area contributed by atoms with Crippen molar-refractivity contribution in [1.82, 2.24) is 4.98 Å². The van der Waals surface area contributed by atoms with Crippen LogP contribution in [0, 0.1) is 10.1 Å². The van der Waals surface area contributed by atoms with E-state index in [-0.39, 0.29) is 6.20 Å². The SMILES string of the molecule is NS(=O)(=O)c1c(C(F)F)ncc([N+](=O)[O-])c1C(F)(F)F. The number of nitrogens with zero attached hydrogens (tertiary/aromatic N) is 2. The van der Waals surface area contributed by atoms with Gasteiger partial charge in [-0.2, -0.15) is 13.2 Å². The van der Waals surface area contributed by atoms with Gasteiger partial charge in [0.1, 0.15) is 16.8 Å². The molecule has 7 nitrogen and oxygen atoms in total. The van der Waals surface area contributed by atoms with Gasteiger partial charge in [-0.1, -0.05) is 0 Å². The molecule has 2 N–H and O–H groups in total. The number of alkyl halides is 5. The molecule has 1 aromatic heterocycles. The smallest absolute Gasteiger partial charge is 0.258 e. The number of nitrogens with two attached hydrogens (primary N) is 1. The normalized spacial score (nSPS) is 12.8. The van der Waals surface area contributed by atoms with E-state index in [1.54, 1.807) is 0 Å². The molecule has 0 unspecified atom stereocenters. The summed E-state index contributed by atoms with van der Waals surface area (Å²) in [6.07, 6.45) is -9.40. The molecular weight excluding hydrogens is 317 g/mol. The van der Waals surface area contributed by atoms with E-state index in [1.165, 1.54) is 0 Å². The quantitative estimate of drug-likeness (QED) is 0.515. The second kappa shape index (κ2) is 4.90. The number of nitro groups is 1. The van der Waals surface area contributed by atoms with Gasteiger partial charge < -0.3 is 0 Å². The molecule has 1 rings (SSSR count). The summed E-state index contributed by atoms with van der Waals surface area (Å²) in [7, 11) is -5.32. The van der Waals surface area contributed by atoms with Crippen LogP contribution in [0.2, 0.25) is 0 Å². The zero-order valence-corrected chi connectivity index (χ0v) is 9.87. The van der Waals surface area contributed by atoms with Crippen LogP contribution in [0.4, 0.5) is 27.6 Å². The maximum atomic E-state index is 12.7. The largest absolute Gasteiger partial charge is 0.424 e. The van der Waals surface area contributed by atoms with Crippen LogP contribution in [-0.4, -0.2) is 18.3 Å². The van der Waals surface area contributed by atoms with Gasteiger partial charge in [-0.05, 0) is 0 Å². The van der Waals surface area contributed by atoms with E-state index in [2.05, 4.69) is 10.1 Å². The lowest BCUT2D eigenvalue weighted by Crippen LogP contribution is -2.23. The molecule has 0 aromatic carbocycles. The van der Waals surface area contributed by atoms with E-state index in [0.717, 1.165) is 0 Å². The highest BCUT2D eigenvalue weighted by molar-refractivity contribution is 7.89. The summed E-state index contributed by atoms with van der Waals surface area (Å²) >= 11 is 0. The van der Waals surface area contributed by atoms with Crippen molar-refractivity contribution in [1.29, 1.82) is 0 Å². The average molecular weight is 321 g/mol. The maximum Gasteiger partial charge on any atom is 0.424 e. The van der Waals surface area contributed by atoms with Crippen LogP contribution in [0.15, 0.2) is 11.1 Å². The second-order valence-electron chi connectivity index (χ2n) is 3.33. The van der Waals surface area contributed by atoms with Crippen LogP contribution in [0.25, 0.3) is 0 Å². The Balaban J connectivity index is 4.00. The maximum absolute atomic E-state index is 12.7. The van der Waals surface area contributed by atoms with E-state index in [9.17, 15) is 40.5 Å². The fourth-order valence-corrected chi connectivity index (χ4v) is 2.29. The molecule has 0 fully saturated rings. The van der Waals surface area contributed by atoms with Gasteiger partial charge in [0.05, 0.1) is 4.92 Å². The van der Waals surface area contributed by atoms with Gasteiger partial charge in [-0.25, -0.2) is 27.3 Å². The Hall–Kier alpha value is -1.89. The zero-order valence-electron chi connectivity index (χ0n) is 9.06. The molecule has 1 heterocycles. The predicted molar refractivity (Wildman–Crippen MR) is 52.2 cm³/mol. The van der Waals surface area contributed by atoms with Crippen molar-refractivity contribution in [3.8, 4) is 0 Å². The van der Waals surface area contributed by atoms with Crippen molar-refractivity contribution in [3.05, 3.63) is 27.6 Å². The van der Waals surface area contributed by atoms with Crippen LogP contribution < -0.4 is 5.14 Å². The first-order valence-electron chi connectivity index (χ1n) is 4.42. The van der Waals surface area contributed by atoms with Crippen molar-refractivity contribution < 1.29 is 35.3 Å². The zero-order chi connectivity index (χ0) is 15.9. The number of hydrogen-bond acceptors (Lipinski definition) is 5. The lowest BCUT2D eigenvalue weighted by molar-refractivity contribution is -0.388. The molecule has 0 saturated carbocycles. The molecule has 0 bridgehead atoms. The summed E-state index contributed by atoms with van der Waals surface area (Å²) in [6.45, 7) is 0. The minimum absolute atomic E-state index is 0.0982. The number of pyridine rings is 1. The van der Waals surface area contributed by atoms with Crippen LogP contribution in [0.5, 0.6) is 0 Å². The Morgan fingerprint density at radius 2 is 1.85 bits per heavy atom. The van der Waals surface area contributed by atoms with E-state index in [1.807, 2.05) is 0 Å². The van der Waals surface area contributed by atoms with Gasteiger partial charge in [-0.15, -0.1) is 0 Å². The van der Waals surface area contributed by atoms with Crippen molar-refractivity contribution >= 4 is 15.7 Å². The minimum Gasteiger partial charge on any atom is -0.258 e. The van der Waals surface area contributed by atoms with Crippen LogP contribution in [0.1, 0.15) is 17.7 Å². The third-order valence-corrected chi connectivity index (χ3v) is 3.00. The van der Waals surface area contributed by atoms with E-state index < -0.39 is 49.4 Å². The highest BCUT2D eigenvalue weighted by atomic mass is 32.2. The molecule has 112 valence electrons. The van der Waals surface area contributed by atoms with E-state index in [4.69, 9.17) is 0 Å². The van der Waals surface area contributed by atoms with Crippen LogP contribution in [-0.2, 0) is 16.2 Å². The fourth-order valence-electron chi connectivity index (χ4n) is 1.35. The Kier molecular flexibility index (Phi) is 3.96. The molecule has 1 aromatic rings. The minimum atomic E-state index is -5.59. The summed E-state index contributed by atoms with van der Waals surface area (Å²) in [5.41, 5.74) is -5.97. The first-order valence-corrected chi connectivity index (χ1v) is 5.97. The van der Waals surface area contributed by atoms with Crippen molar-refractivity contribution in [2.45, 2.75) is 17.5 Å². The highest BCUT2D eigenvalue weighted by Gasteiger charge is 2.46. The molecular formula is C7H4F5N3O4S. The summed E-state index contributed by atoms with van der Waals surface area (Å²) in [5.74, 6) is 0. The first-order chi connectivity index (χ1) is 8.87. The van der Waals surface area contributed by atoms with Gasteiger partial charge in [0.15, 0.2) is 5.56 Å². The molecule has 0 aliphatic heterocycles. The molecule has 0 saturated heterocycles. The lowest BCUT2D eigenvalue weighted by atomic mass is 10.2. The molecule has 0 spiro atoms. The highest BCUT2D eigenvalue weighted by Crippen LogP contribution is 2.42. The summed E-state index contributed by atoms with van der Waals surface area (Å²) < 4.78 is 85.5. The van der Waals surface area contributed by atoms with Gasteiger partial charge in [0, 0.05) is 0 Å². The Labute approximate surface area is 107 Å². The Morgan fingerprint density at radius 1 is 1.35 bits per heavy atom. The number of hydrogen-bond donors (Lipinski definition) is 1. The number of primary sulfonamides is 1. The van der Waals surface area contributed by atoms with Gasteiger partial charge in [0.2, 0.25) is 10.0 Å². The van der Waals surface area contributed by atoms with Crippen LogP contribution in [0.3, 0.4) is 0 Å². The summed E-state index contributed by atoms with van der Waals surface area (Å²) in [5, 5.41) is 14.9. The average Bonchev–Trinajstić information content (AvgIpc) is 2.24. The summed E-state index contributed by atoms with van der Waals surface area (Å²) in [6, 6.07) is 0. The Morgan fingerprint density at radius 3 is 2.15 bits per heavy atom. The Bertz CT molecular complexity index is 657. The fraction of sp³-hybridized carbons (Fsp3) is 0.286. The lowest BCUT2D eigenvalue weighted by Gasteiger charge is -2.14. The molecule has 0 aliphatic carbocycles. The van der Waals surface area contributed by atoms with Crippen LogP contribution >= 0.6 is 0 Å². The molecule has 0 atom stereocenters. The second-order valence-corrected chi connectivity index (χ2v) is 4.83. The predicted octanol–water partition coefficient (Wildman–Crippen LogP) is 1.59. The first kappa shape index (κ1) is 16.2. The number of rotatable bonds is 3. The van der Waals surface area contributed by atoms with E-state index >= 15 is 0 Å². The van der Waals surface area contributed by atoms with Gasteiger partial charge >= 0.3 is 11.9 Å². The van der Waals surface area contributed by atoms with Crippen molar-refractivity contribution in [2.75, 3.05) is 0 Å². The number of aromatic nitrogens is 1. The van der Waals surface area contributed by atoms with Crippen molar-refractivity contribution in [2.24, 2.45) is 5.14 Å².